The molecular formula is C23H41N5O2. The van der Waals surface area contributed by atoms with E-state index in [-0.39, 0.29) is 0 Å². The zero-order valence-corrected chi connectivity index (χ0v) is 19.6. The summed E-state index contributed by atoms with van der Waals surface area (Å²) in [5, 5.41) is 3.42. The number of rotatable bonds is 10. The smallest absolute Gasteiger partial charge is 0.193 e. The first-order chi connectivity index (χ1) is 14.6. The molecule has 30 heavy (non-hydrogen) atoms. The van der Waals surface area contributed by atoms with Gasteiger partial charge in [0, 0.05) is 39.8 Å². The molecule has 1 aliphatic rings. The zero-order valence-electron chi connectivity index (χ0n) is 19.6. The van der Waals surface area contributed by atoms with Crippen molar-refractivity contribution in [3.63, 3.8) is 0 Å². The number of hydrogen-bond donors (Lipinski definition) is 1. The van der Waals surface area contributed by atoms with Gasteiger partial charge in [-0.2, -0.15) is 0 Å². The van der Waals surface area contributed by atoms with Crippen LogP contribution in [0.5, 0.6) is 11.5 Å². The van der Waals surface area contributed by atoms with Gasteiger partial charge in [-0.05, 0) is 70.6 Å². The van der Waals surface area contributed by atoms with Crippen LogP contribution in [0, 0.1) is 0 Å². The summed E-state index contributed by atoms with van der Waals surface area (Å²) in [4.78, 5) is 12.1. The molecule has 1 saturated heterocycles. The van der Waals surface area contributed by atoms with E-state index >= 15 is 0 Å². The third-order valence-electron chi connectivity index (χ3n) is 5.59. The van der Waals surface area contributed by atoms with Crippen molar-refractivity contribution in [2.75, 3.05) is 80.7 Å². The quantitative estimate of drug-likeness (QED) is 0.356. The predicted molar refractivity (Wildman–Crippen MR) is 125 cm³/mol. The average molecular weight is 420 g/mol. The van der Waals surface area contributed by atoms with E-state index in [1.165, 1.54) is 38.2 Å². The number of benzene rings is 1. The van der Waals surface area contributed by atoms with Gasteiger partial charge < -0.3 is 29.5 Å². The summed E-state index contributed by atoms with van der Waals surface area (Å²) in [5.41, 5.74) is 1.22. The van der Waals surface area contributed by atoms with Crippen molar-refractivity contribution in [1.82, 2.24) is 20.0 Å². The van der Waals surface area contributed by atoms with Gasteiger partial charge >= 0.3 is 0 Å². The molecule has 7 heteroatoms. The number of hydrogen-bond acceptors (Lipinski definition) is 5. The molecule has 0 atom stereocenters. The van der Waals surface area contributed by atoms with Crippen molar-refractivity contribution in [1.29, 1.82) is 0 Å². The summed E-state index contributed by atoms with van der Waals surface area (Å²) in [6.07, 6.45) is 3.28. The fraction of sp³-hybridized carbons (Fsp3) is 0.696. The minimum atomic E-state index is 0.764. The molecule has 1 aromatic rings. The SMILES string of the molecule is CCNC(=NCCCN1CCCN(C)CC1)N(C)CCc1ccc(OC)c(OC)c1. The molecule has 0 bridgehead atoms. The number of likely N-dealkylation sites (N-methyl/N-ethyl adjacent to an activating group) is 2. The van der Waals surface area contributed by atoms with Crippen molar-refractivity contribution in [3.8, 4) is 11.5 Å². The van der Waals surface area contributed by atoms with Crippen LogP contribution >= 0.6 is 0 Å². The van der Waals surface area contributed by atoms with Crippen molar-refractivity contribution < 1.29 is 9.47 Å². The average Bonchev–Trinajstić information content (AvgIpc) is 2.97. The summed E-state index contributed by atoms with van der Waals surface area (Å²) in [7, 11) is 7.66. The highest BCUT2D eigenvalue weighted by Crippen LogP contribution is 2.27. The van der Waals surface area contributed by atoms with Crippen LogP contribution in [0.3, 0.4) is 0 Å². The van der Waals surface area contributed by atoms with E-state index in [0.717, 1.165) is 56.5 Å². The van der Waals surface area contributed by atoms with E-state index in [1.54, 1.807) is 14.2 Å². The highest BCUT2D eigenvalue weighted by atomic mass is 16.5. The lowest BCUT2D eigenvalue weighted by Crippen LogP contribution is -2.40. The normalized spacial score (nSPS) is 16.2. The fourth-order valence-electron chi connectivity index (χ4n) is 3.71. The van der Waals surface area contributed by atoms with Crippen molar-refractivity contribution in [2.24, 2.45) is 4.99 Å². The molecule has 1 N–H and O–H groups in total. The van der Waals surface area contributed by atoms with Crippen LogP contribution in [0.25, 0.3) is 0 Å². The second-order valence-corrected chi connectivity index (χ2v) is 7.95. The summed E-state index contributed by atoms with van der Waals surface area (Å²) < 4.78 is 10.7. The maximum Gasteiger partial charge on any atom is 0.193 e. The molecule has 0 amide bonds. The number of aliphatic imine (C=N–C) groups is 1. The van der Waals surface area contributed by atoms with Gasteiger partial charge in [0.05, 0.1) is 14.2 Å². The molecule has 2 rings (SSSR count). The Morgan fingerprint density at radius 2 is 1.93 bits per heavy atom. The molecular weight excluding hydrogens is 378 g/mol. The first-order valence-electron chi connectivity index (χ1n) is 11.2. The van der Waals surface area contributed by atoms with Crippen LogP contribution in [0.1, 0.15) is 25.3 Å². The summed E-state index contributed by atoms with van der Waals surface area (Å²) in [6, 6.07) is 6.11. The van der Waals surface area contributed by atoms with Gasteiger partial charge in [-0.3, -0.25) is 4.99 Å². The van der Waals surface area contributed by atoms with Crippen LogP contribution < -0.4 is 14.8 Å². The topological polar surface area (TPSA) is 52.6 Å². The highest BCUT2D eigenvalue weighted by molar-refractivity contribution is 5.79. The van der Waals surface area contributed by atoms with Gasteiger partial charge in [-0.1, -0.05) is 6.07 Å². The van der Waals surface area contributed by atoms with Crippen LogP contribution in [0.15, 0.2) is 23.2 Å². The minimum Gasteiger partial charge on any atom is -0.493 e. The molecule has 7 nitrogen and oxygen atoms in total. The van der Waals surface area contributed by atoms with Crippen LogP contribution in [0.4, 0.5) is 0 Å². The molecule has 1 heterocycles. The molecule has 0 unspecified atom stereocenters. The number of guanidine groups is 1. The van der Waals surface area contributed by atoms with E-state index in [2.05, 4.69) is 53.2 Å². The van der Waals surface area contributed by atoms with Crippen molar-refractivity contribution >= 4 is 5.96 Å². The van der Waals surface area contributed by atoms with E-state index in [9.17, 15) is 0 Å². The Kier molecular flexibility index (Phi) is 10.8. The summed E-state index contributed by atoms with van der Waals surface area (Å²) in [5.74, 6) is 2.52. The summed E-state index contributed by atoms with van der Waals surface area (Å²) >= 11 is 0. The van der Waals surface area contributed by atoms with Gasteiger partial charge in [-0.15, -0.1) is 0 Å². The molecule has 170 valence electrons. The molecule has 0 aliphatic carbocycles. The summed E-state index contributed by atoms with van der Waals surface area (Å²) in [6.45, 7) is 10.6. The lowest BCUT2D eigenvalue weighted by Gasteiger charge is -2.23. The first-order valence-corrected chi connectivity index (χ1v) is 11.2. The predicted octanol–water partition coefficient (Wildman–Crippen LogP) is 2.17. The molecule has 1 fully saturated rings. The Hall–Kier alpha value is -1.99. The van der Waals surface area contributed by atoms with Crippen LogP contribution in [-0.2, 0) is 6.42 Å². The largest absolute Gasteiger partial charge is 0.493 e. The number of ether oxygens (including phenoxy) is 2. The molecule has 1 aromatic carbocycles. The fourth-order valence-corrected chi connectivity index (χ4v) is 3.71. The first kappa shape index (κ1) is 24.3. The van der Waals surface area contributed by atoms with Gasteiger partial charge in [0.2, 0.25) is 0 Å². The lowest BCUT2D eigenvalue weighted by atomic mass is 10.1. The third kappa shape index (κ3) is 8.03. The Morgan fingerprint density at radius 1 is 1.13 bits per heavy atom. The van der Waals surface area contributed by atoms with Gasteiger partial charge in [0.25, 0.3) is 0 Å². The molecule has 0 spiro atoms. The van der Waals surface area contributed by atoms with Crippen LogP contribution in [0.2, 0.25) is 0 Å². The maximum atomic E-state index is 5.42. The second kappa shape index (κ2) is 13.3. The van der Waals surface area contributed by atoms with Crippen molar-refractivity contribution in [3.05, 3.63) is 23.8 Å². The maximum absolute atomic E-state index is 5.42. The van der Waals surface area contributed by atoms with E-state index in [1.807, 2.05) is 6.07 Å². The number of nitrogens with zero attached hydrogens (tertiary/aromatic N) is 4. The Bertz CT molecular complexity index is 652. The number of nitrogens with one attached hydrogen (secondary N) is 1. The molecule has 1 aliphatic heterocycles. The van der Waals surface area contributed by atoms with Gasteiger partial charge in [-0.25, -0.2) is 0 Å². The number of methoxy groups -OCH3 is 2. The van der Waals surface area contributed by atoms with Crippen LogP contribution in [-0.4, -0.2) is 101 Å². The third-order valence-corrected chi connectivity index (χ3v) is 5.59. The lowest BCUT2D eigenvalue weighted by molar-refractivity contribution is 0.275. The highest BCUT2D eigenvalue weighted by Gasteiger charge is 2.12. The second-order valence-electron chi connectivity index (χ2n) is 7.95. The standard InChI is InChI=1S/C23H41N5O2/c1-6-24-23(25-12-7-14-28-15-8-13-26(2)17-18-28)27(3)16-11-20-9-10-21(29-4)22(19-20)30-5/h9-10,19H,6-8,11-18H2,1-5H3,(H,24,25). The Balaban J connectivity index is 1.82. The Morgan fingerprint density at radius 3 is 2.67 bits per heavy atom. The minimum absolute atomic E-state index is 0.764. The molecule has 0 saturated carbocycles. The van der Waals surface area contributed by atoms with Gasteiger partial charge in [0.15, 0.2) is 17.5 Å². The zero-order chi connectivity index (χ0) is 21.8. The molecule has 0 radical (unpaired) electrons. The monoisotopic (exact) mass is 419 g/mol. The van der Waals surface area contributed by atoms with E-state index in [4.69, 9.17) is 14.5 Å². The van der Waals surface area contributed by atoms with E-state index < -0.39 is 0 Å². The van der Waals surface area contributed by atoms with Crippen molar-refractivity contribution in [2.45, 2.75) is 26.2 Å². The van der Waals surface area contributed by atoms with Gasteiger partial charge in [0.1, 0.15) is 0 Å². The molecule has 0 aromatic heterocycles. The Labute approximate surface area is 183 Å². The van der Waals surface area contributed by atoms with E-state index in [0.29, 0.717) is 0 Å².